The van der Waals surface area contributed by atoms with Crippen LogP contribution in [0.5, 0.6) is 5.75 Å². The van der Waals surface area contributed by atoms with Crippen LogP contribution in [0.25, 0.3) is 0 Å². The number of aliphatic hydroxyl groups is 1. The lowest BCUT2D eigenvalue weighted by Crippen LogP contribution is -2.45. The quantitative estimate of drug-likeness (QED) is 0.922. The van der Waals surface area contributed by atoms with Crippen LogP contribution in [-0.4, -0.2) is 48.4 Å². The number of benzene rings is 1. The number of carbonyl (C=O) groups is 1. The van der Waals surface area contributed by atoms with Crippen molar-refractivity contribution in [1.82, 2.24) is 4.90 Å². The van der Waals surface area contributed by atoms with E-state index < -0.39 is 18.2 Å². The third-order valence-corrected chi connectivity index (χ3v) is 4.16. The second kappa shape index (κ2) is 7.21. The second-order valence-corrected chi connectivity index (χ2v) is 5.73. The van der Waals surface area contributed by atoms with E-state index in [1.54, 1.807) is 29.2 Å². The smallest absolute Gasteiger partial charge is 0.414 e. The Labute approximate surface area is 132 Å². The SMILES string of the molecule is COc1cccc(CC(=O)N2CCC(C(O)C(F)(F)F)CC2)c1. The molecule has 1 aliphatic heterocycles. The predicted octanol–water partition coefficient (Wildman–Crippen LogP) is 2.40. The second-order valence-electron chi connectivity index (χ2n) is 5.73. The highest BCUT2D eigenvalue weighted by molar-refractivity contribution is 5.79. The molecule has 0 aliphatic carbocycles. The summed E-state index contributed by atoms with van der Waals surface area (Å²) in [6, 6.07) is 7.13. The average Bonchev–Trinajstić information content (AvgIpc) is 2.53. The molecule has 1 unspecified atom stereocenters. The van der Waals surface area contributed by atoms with E-state index >= 15 is 0 Å². The summed E-state index contributed by atoms with van der Waals surface area (Å²) in [6.07, 6.45) is -6.41. The zero-order valence-corrected chi connectivity index (χ0v) is 12.8. The molecule has 4 nitrogen and oxygen atoms in total. The van der Waals surface area contributed by atoms with Crippen LogP contribution >= 0.6 is 0 Å². The normalized spacial score (nSPS) is 17.9. The Morgan fingerprint density at radius 2 is 2.04 bits per heavy atom. The molecule has 128 valence electrons. The highest BCUT2D eigenvalue weighted by Crippen LogP contribution is 2.31. The van der Waals surface area contributed by atoms with E-state index in [0.29, 0.717) is 5.75 Å². The lowest BCUT2D eigenvalue weighted by atomic mass is 9.90. The molecule has 23 heavy (non-hydrogen) atoms. The Morgan fingerprint density at radius 3 is 2.61 bits per heavy atom. The molecule has 1 heterocycles. The van der Waals surface area contributed by atoms with E-state index in [2.05, 4.69) is 0 Å². The molecule has 7 heteroatoms. The van der Waals surface area contributed by atoms with Gasteiger partial charge in [-0.3, -0.25) is 4.79 Å². The van der Waals surface area contributed by atoms with Crippen LogP contribution in [0.15, 0.2) is 24.3 Å². The number of likely N-dealkylation sites (tertiary alicyclic amines) is 1. The summed E-state index contributed by atoms with van der Waals surface area (Å²) in [7, 11) is 1.54. The third kappa shape index (κ3) is 4.60. The molecule has 0 radical (unpaired) electrons. The maximum absolute atomic E-state index is 12.5. The van der Waals surface area contributed by atoms with Crippen molar-refractivity contribution in [2.75, 3.05) is 20.2 Å². The average molecular weight is 331 g/mol. The number of methoxy groups -OCH3 is 1. The van der Waals surface area contributed by atoms with Gasteiger partial charge in [-0.2, -0.15) is 13.2 Å². The molecule has 0 spiro atoms. The molecule has 1 aliphatic rings. The molecule has 1 saturated heterocycles. The summed E-state index contributed by atoms with van der Waals surface area (Å²) < 4.78 is 42.6. The summed E-state index contributed by atoms with van der Waals surface area (Å²) >= 11 is 0. The number of amides is 1. The number of piperidine rings is 1. The molecule has 0 aromatic heterocycles. The van der Waals surface area contributed by atoms with Gasteiger partial charge in [0.2, 0.25) is 5.91 Å². The topological polar surface area (TPSA) is 49.8 Å². The highest BCUT2D eigenvalue weighted by Gasteiger charge is 2.44. The fourth-order valence-electron chi connectivity index (χ4n) is 2.80. The Balaban J connectivity index is 1.88. The van der Waals surface area contributed by atoms with Crippen LogP contribution in [-0.2, 0) is 11.2 Å². The number of halogens is 3. The summed E-state index contributed by atoms with van der Waals surface area (Å²) in [5.74, 6) is -0.309. The lowest BCUT2D eigenvalue weighted by Gasteiger charge is -2.34. The van der Waals surface area contributed by atoms with Gasteiger partial charge in [-0.1, -0.05) is 12.1 Å². The molecular weight excluding hydrogens is 311 g/mol. The number of aliphatic hydroxyl groups excluding tert-OH is 1. The Hall–Kier alpha value is -1.76. The van der Waals surface area contributed by atoms with E-state index in [4.69, 9.17) is 4.74 Å². The monoisotopic (exact) mass is 331 g/mol. The first kappa shape index (κ1) is 17.6. The van der Waals surface area contributed by atoms with Gasteiger partial charge in [0.25, 0.3) is 0 Å². The zero-order chi connectivity index (χ0) is 17.0. The van der Waals surface area contributed by atoms with Crippen molar-refractivity contribution >= 4 is 5.91 Å². The molecule has 1 N–H and O–H groups in total. The van der Waals surface area contributed by atoms with E-state index in [-0.39, 0.29) is 38.3 Å². The molecule has 1 aromatic rings. The maximum Gasteiger partial charge on any atom is 0.414 e. The number of ether oxygens (including phenoxy) is 1. The number of hydrogen-bond donors (Lipinski definition) is 1. The third-order valence-electron chi connectivity index (χ3n) is 4.16. The first-order valence-electron chi connectivity index (χ1n) is 7.46. The molecule has 1 atom stereocenters. The minimum absolute atomic E-state index is 0.127. The van der Waals surface area contributed by atoms with Crippen molar-refractivity contribution in [2.45, 2.75) is 31.5 Å². The minimum Gasteiger partial charge on any atom is -0.497 e. The van der Waals surface area contributed by atoms with Crippen molar-refractivity contribution in [3.8, 4) is 5.75 Å². The molecule has 0 bridgehead atoms. The van der Waals surface area contributed by atoms with E-state index in [1.165, 1.54) is 7.11 Å². The van der Waals surface area contributed by atoms with Gasteiger partial charge in [-0.05, 0) is 36.5 Å². The van der Waals surface area contributed by atoms with E-state index in [1.807, 2.05) is 0 Å². The summed E-state index contributed by atoms with van der Waals surface area (Å²) in [4.78, 5) is 13.8. The summed E-state index contributed by atoms with van der Waals surface area (Å²) in [6.45, 7) is 0.473. The van der Waals surface area contributed by atoms with Gasteiger partial charge in [-0.15, -0.1) is 0 Å². The Morgan fingerprint density at radius 1 is 1.39 bits per heavy atom. The first-order chi connectivity index (χ1) is 10.8. The van der Waals surface area contributed by atoms with Crippen LogP contribution in [0.4, 0.5) is 13.2 Å². The van der Waals surface area contributed by atoms with Gasteiger partial charge in [0, 0.05) is 13.1 Å². The van der Waals surface area contributed by atoms with Gasteiger partial charge >= 0.3 is 6.18 Å². The molecule has 1 fully saturated rings. The largest absolute Gasteiger partial charge is 0.497 e. The van der Waals surface area contributed by atoms with E-state index in [0.717, 1.165) is 5.56 Å². The number of rotatable bonds is 4. The van der Waals surface area contributed by atoms with Gasteiger partial charge in [0.15, 0.2) is 6.10 Å². The minimum atomic E-state index is -4.60. The molecule has 1 amide bonds. The van der Waals surface area contributed by atoms with Gasteiger partial charge in [-0.25, -0.2) is 0 Å². The predicted molar refractivity (Wildman–Crippen MR) is 78.1 cm³/mol. The zero-order valence-electron chi connectivity index (χ0n) is 12.8. The number of carbonyl (C=O) groups excluding carboxylic acids is 1. The van der Waals surface area contributed by atoms with Crippen LogP contribution in [0.1, 0.15) is 18.4 Å². The van der Waals surface area contributed by atoms with Crippen molar-refractivity contribution in [1.29, 1.82) is 0 Å². The summed E-state index contributed by atoms with van der Waals surface area (Å²) in [5.41, 5.74) is 0.798. The van der Waals surface area contributed by atoms with Gasteiger partial charge < -0.3 is 14.7 Å². The number of hydrogen-bond acceptors (Lipinski definition) is 3. The number of alkyl halides is 3. The lowest BCUT2D eigenvalue weighted by molar-refractivity contribution is -0.222. The Bertz CT molecular complexity index is 540. The van der Waals surface area contributed by atoms with Crippen LogP contribution < -0.4 is 4.74 Å². The van der Waals surface area contributed by atoms with Gasteiger partial charge in [0.1, 0.15) is 5.75 Å². The Kier molecular flexibility index (Phi) is 5.51. The molecule has 2 rings (SSSR count). The van der Waals surface area contributed by atoms with E-state index in [9.17, 15) is 23.1 Å². The fourth-order valence-corrected chi connectivity index (χ4v) is 2.80. The van der Waals surface area contributed by atoms with Gasteiger partial charge in [0.05, 0.1) is 13.5 Å². The van der Waals surface area contributed by atoms with Crippen molar-refractivity contribution < 1.29 is 27.8 Å². The van der Waals surface area contributed by atoms with Crippen LogP contribution in [0.3, 0.4) is 0 Å². The maximum atomic E-state index is 12.5. The first-order valence-corrected chi connectivity index (χ1v) is 7.46. The fraction of sp³-hybridized carbons (Fsp3) is 0.562. The standard InChI is InChI=1S/C16H20F3NO3/c1-23-13-4-2-3-11(9-13)10-14(21)20-7-5-12(6-8-20)15(22)16(17,18)19/h2-4,9,12,15,22H,5-8,10H2,1H3. The molecule has 1 aromatic carbocycles. The van der Waals surface area contributed by atoms with Crippen molar-refractivity contribution in [2.24, 2.45) is 5.92 Å². The molecular formula is C16H20F3NO3. The number of nitrogens with zero attached hydrogens (tertiary/aromatic N) is 1. The van der Waals surface area contributed by atoms with Crippen LogP contribution in [0.2, 0.25) is 0 Å². The van der Waals surface area contributed by atoms with Crippen molar-refractivity contribution in [3.05, 3.63) is 29.8 Å². The summed E-state index contributed by atoms with van der Waals surface area (Å²) in [5, 5.41) is 9.29. The molecule has 0 saturated carbocycles. The van der Waals surface area contributed by atoms with Crippen LogP contribution in [0, 0.1) is 5.92 Å². The van der Waals surface area contributed by atoms with Crippen molar-refractivity contribution in [3.63, 3.8) is 0 Å². The highest BCUT2D eigenvalue weighted by atomic mass is 19.4.